The molecule has 0 atom stereocenters. The van der Waals surface area contributed by atoms with Crippen LogP contribution in [0.4, 0.5) is 34.1 Å². The van der Waals surface area contributed by atoms with Gasteiger partial charge in [0.25, 0.3) is 6.71 Å². The average molecular weight is 939 g/mol. The molecule has 0 saturated heterocycles. The zero-order chi connectivity index (χ0) is 50.9. The van der Waals surface area contributed by atoms with Gasteiger partial charge in [0.15, 0.2) is 0 Å². The number of benzene rings is 6. The van der Waals surface area contributed by atoms with Gasteiger partial charge in [0.2, 0.25) is 0 Å². The molecule has 0 radical (unpaired) electrons. The molecule has 0 spiro atoms. The summed E-state index contributed by atoms with van der Waals surface area (Å²) in [5.41, 5.74) is 25.7. The van der Waals surface area contributed by atoms with Crippen LogP contribution in [-0.2, 0) is 37.9 Å². The minimum atomic E-state index is -0.132. The lowest BCUT2D eigenvalue weighted by Crippen LogP contribution is -2.61. The SMILES string of the molecule is Cc1cc2c3c(c1)N(c1ccc(C(C)(C)C)cc1)c1c(oc4ccc(C(C)(C)C)cc14)B3c1cc3c(cc1N2c1ccc(C(C)(C)C)cc1-c1ccc2c(c1)C(C)(C)CCC2(C)C)C(C)(C)CCC3(C)C. The summed E-state index contributed by atoms with van der Waals surface area (Å²) in [6, 6.07) is 41.5. The Morgan fingerprint density at radius 2 is 0.972 bits per heavy atom. The van der Waals surface area contributed by atoms with E-state index in [2.05, 4.69) is 238 Å². The summed E-state index contributed by atoms with van der Waals surface area (Å²) < 4.78 is 7.48. The molecule has 6 aromatic carbocycles. The van der Waals surface area contributed by atoms with E-state index in [1.807, 2.05) is 0 Å². The van der Waals surface area contributed by atoms with Crippen LogP contribution < -0.4 is 26.4 Å². The van der Waals surface area contributed by atoms with Gasteiger partial charge in [0.1, 0.15) is 5.58 Å². The first-order valence-electron chi connectivity index (χ1n) is 26.9. The molecule has 11 rings (SSSR count). The fourth-order valence-corrected chi connectivity index (χ4v) is 13.0. The van der Waals surface area contributed by atoms with Crippen LogP contribution in [0.2, 0.25) is 0 Å². The van der Waals surface area contributed by atoms with Crippen molar-refractivity contribution in [2.24, 2.45) is 0 Å². The second-order valence-electron chi connectivity index (χ2n) is 28.1. The molecular formula is C67H79BN2O. The number of aryl methyl sites for hydroxylation is 1. The number of nitrogens with zero attached hydrogens (tertiary/aromatic N) is 2. The Morgan fingerprint density at radius 1 is 0.465 bits per heavy atom. The van der Waals surface area contributed by atoms with Gasteiger partial charge in [0.05, 0.1) is 17.0 Å². The third-order valence-electron chi connectivity index (χ3n) is 17.9. The van der Waals surface area contributed by atoms with Crippen LogP contribution in [0, 0.1) is 6.92 Å². The predicted molar refractivity (Wildman–Crippen MR) is 307 cm³/mol. The van der Waals surface area contributed by atoms with Gasteiger partial charge in [0, 0.05) is 33.7 Å². The van der Waals surface area contributed by atoms with E-state index in [9.17, 15) is 0 Å². The quantitative estimate of drug-likeness (QED) is 0.165. The lowest BCUT2D eigenvalue weighted by Gasteiger charge is -2.47. The summed E-state index contributed by atoms with van der Waals surface area (Å²) in [5, 5.41) is 1.17. The molecule has 4 aliphatic rings. The average Bonchev–Trinajstić information content (AvgIpc) is 3.66. The van der Waals surface area contributed by atoms with Crippen molar-refractivity contribution in [3.63, 3.8) is 0 Å². The van der Waals surface area contributed by atoms with E-state index in [0.717, 1.165) is 35.5 Å². The second-order valence-corrected chi connectivity index (χ2v) is 28.1. The van der Waals surface area contributed by atoms with E-state index in [1.165, 1.54) is 108 Å². The van der Waals surface area contributed by atoms with Crippen molar-refractivity contribution in [2.45, 2.75) is 188 Å². The molecule has 71 heavy (non-hydrogen) atoms. The van der Waals surface area contributed by atoms with Crippen LogP contribution in [0.3, 0.4) is 0 Å². The summed E-state index contributed by atoms with van der Waals surface area (Å²) >= 11 is 0. The van der Waals surface area contributed by atoms with Crippen molar-refractivity contribution < 1.29 is 4.42 Å². The van der Waals surface area contributed by atoms with E-state index in [1.54, 1.807) is 0 Å². The molecule has 0 amide bonds. The van der Waals surface area contributed by atoms with Crippen LogP contribution >= 0.6 is 0 Å². The van der Waals surface area contributed by atoms with Crippen molar-refractivity contribution >= 4 is 68.4 Å². The molecule has 3 heterocycles. The van der Waals surface area contributed by atoms with Crippen LogP contribution in [0.1, 0.15) is 188 Å². The largest absolute Gasteiger partial charge is 0.468 e. The maximum atomic E-state index is 7.48. The van der Waals surface area contributed by atoms with E-state index in [0.29, 0.717) is 0 Å². The van der Waals surface area contributed by atoms with E-state index in [-0.39, 0.29) is 44.6 Å². The highest BCUT2D eigenvalue weighted by atomic mass is 16.3. The van der Waals surface area contributed by atoms with Gasteiger partial charge in [-0.3, -0.25) is 0 Å². The topological polar surface area (TPSA) is 19.6 Å². The Labute approximate surface area is 427 Å². The first kappa shape index (κ1) is 47.8. The molecular weight excluding hydrogens is 860 g/mol. The van der Waals surface area contributed by atoms with Crippen molar-refractivity contribution in [3.8, 4) is 11.1 Å². The number of fused-ring (bicyclic) bond motifs is 8. The van der Waals surface area contributed by atoms with Crippen molar-refractivity contribution in [3.05, 3.63) is 148 Å². The van der Waals surface area contributed by atoms with E-state index < -0.39 is 0 Å². The minimum Gasteiger partial charge on any atom is -0.468 e. The first-order chi connectivity index (χ1) is 33.0. The van der Waals surface area contributed by atoms with Gasteiger partial charge in [-0.05, 0) is 186 Å². The summed E-state index contributed by atoms with van der Waals surface area (Å²) in [6.07, 6.45) is 4.67. The highest BCUT2D eigenvalue weighted by Crippen LogP contribution is 2.54. The molecule has 0 bridgehead atoms. The van der Waals surface area contributed by atoms with Crippen molar-refractivity contribution in [1.82, 2.24) is 0 Å². The highest BCUT2D eigenvalue weighted by Gasteiger charge is 2.49. The number of hydrogen-bond donors (Lipinski definition) is 0. The zero-order valence-corrected chi connectivity index (χ0v) is 46.5. The molecule has 0 unspecified atom stereocenters. The lowest BCUT2D eigenvalue weighted by atomic mass is 9.35. The monoisotopic (exact) mass is 939 g/mol. The summed E-state index contributed by atoms with van der Waals surface area (Å²) in [7, 11) is 0. The predicted octanol–water partition coefficient (Wildman–Crippen LogP) is 17.1. The minimum absolute atomic E-state index is 0.00978. The Hall–Kier alpha value is -5.48. The fraction of sp³-hybridized carbons (Fsp3) is 0.433. The molecule has 2 aliphatic heterocycles. The number of hydrogen-bond acceptors (Lipinski definition) is 3. The number of furan rings is 1. The number of anilines is 6. The van der Waals surface area contributed by atoms with Gasteiger partial charge in [-0.25, -0.2) is 0 Å². The Bertz CT molecular complexity index is 3330. The molecule has 4 heteroatoms. The van der Waals surface area contributed by atoms with Gasteiger partial charge >= 0.3 is 0 Å². The first-order valence-corrected chi connectivity index (χ1v) is 26.9. The summed E-state index contributed by atoms with van der Waals surface area (Å²) in [5.74, 6) is 0. The van der Waals surface area contributed by atoms with Crippen LogP contribution in [-0.4, -0.2) is 6.71 Å². The van der Waals surface area contributed by atoms with Crippen molar-refractivity contribution in [2.75, 3.05) is 9.80 Å². The summed E-state index contributed by atoms with van der Waals surface area (Å²) in [6.45, 7) is 42.8. The van der Waals surface area contributed by atoms with Gasteiger partial charge in [-0.2, -0.15) is 0 Å². The van der Waals surface area contributed by atoms with Crippen LogP contribution in [0.5, 0.6) is 0 Å². The maximum Gasteiger partial charge on any atom is 0.297 e. The van der Waals surface area contributed by atoms with Crippen molar-refractivity contribution in [1.29, 1.82) is 0 Å². The second kappa shape index (κ2) is 15.3. The zero-order valence-electron chi connectivity index (χ0n) is 46.5. The normalized spacial score (nSPS) is 18.4. The maximum absolute atomic E-state index is 7.48. The van der Waals surface area contributed by atoms with E-state index >= 15 is 0 Å². The molecule has 7 aromatic rings. The molecule has 3 nitrogen and oxygen atoms in total. The van der Waals surface area contributed by atoms with Gasteiger partial charge < -0.3 is 14.2 Å². The smallest absolute Gasteiger partial charge is 0.297 e. The molecule has 0 N–H and O–H groups in total. The Kier molecular flexibility index (Phi) is 10.3. The van der Waals surface area contributed by atoms with Gasteiger partial charge in [-0.1, -0.05) is 166 Å². The lowest BCUT2D eigenvalue weighted by molar-refractivity contribution is 0.332. The Balaban J connectivity index is 1.27. The molecule has 0 saturated carbocycles. The van der Waals surface area contributed by atoms with Crippen LogP contribution in [0.15, 0.2) is 108 Å². The third-order valence-corrected chi connectivity index (χ3v) is 17.9. The Morgan fingerprint density at radius 3 is 1.56 bits per heavy atom. The fourth-order valence-electron chi connectivity index (χ4n) is 13.0. The molecule has 0 fully saturated rings. The molecule has 1 aromatic heterocycles. The molecule has 366 valence electrons. The third kappa shape index (κ3) is 7.49. The number of rotatable bonds is 3. The standard InChI is InChI=1S/C67H79BN2O/c1-40-33-55-58-56(34-40)70(53-27-22-43(62(5,6)7)36-46(53)41-19-26-48-49(35-41)65(13,14)30-29-64(48,11)12)54-39-51-50(66(15,16)31-32-67(51,17)18)38-52(54)68(58)60-59(47-37-44(63(8,9)10)23-28-57(47)71-60)69(55)45-24-20-42(21-25-45)61(2,3)4/h19-28,33-39H,29-32H2,1-18H3. The molecule has 2 aliphatic carbocycles. The summed E-state index contributed by atoms with van der Waals surface area (Å²) in [4.78, 5) is 5.26. The highest BCUT2D eigenvalue weighted by molar-refractivity contribution is 7.00. The van der Waals surface area contributed by atoms with E-state index in [4.69, 9.17) is 4.42 Å². The van der Waals surface area contributed by atoms with Crippen LogP contribution in [0.25, 0.3) is 22.1 Å². The van der Waals surface area contributed by atoms with Gasteiger partial charge in [-0.15, -0.1) is 0 Å².